The number of allylic oxidation sites excluding steroid dienone is 2. The average Bonchev–Trinajstić information content (AvgIpc) is 2.60. The van der Waals surface area contributed by atoms with Crippen LogP contribution >= 0.6 is 0 Å². The summed E-state index contributed by atoms with van der Waals surface area (Å²) in [6.45, 7) is 9.92. The van der Waals surface area contributed by atoms with Gasteiger partial charge in [0.05, 0.1) is 4.92 Å². The molecule has 1 aliphatic rings. The van der Waals surface area contributed by atoms with Crippen LogP contribution in [0.4, 0.5) is 0 Å². The van der Waals surface area contributed by atoms with Gasteiger partial charge in [-0.25, -0.2) is 0 Å². The van der Waals surface area contributed by atoms with Crippen molar-refractivity contribution in [2.45, 2.75) is 85.2 Å². The van der Waals surface area contributed by atoms with Crippen molar-refractivity contribution in [3.63, 3.8) is 0 Å². The molecule has 0 aromatic heterocycles. The third kappa shape index (κ3) is 4.19. The van der Waals surface area contributed by atoms with E-state index in [1.807, 2.05) is 27.7 Å². The molecule has 5 heteroatoms. The molecule has 0 radical (unpaired) electrons. The van der Waals surface area contributed by atoms with Crippen LogP contribution in [0.1, 0.15) is 74.6 Å². The Kier molecular flexibility index (Phi) is 6.32. The summed E-state index contributed by atoms with van der Waals surface area (Å²) in [4.78, 5) is 10.7. The smallest absolute Gasteiger partial charge is 0.242 e. The first kappa shape index (κ1) is 20.3. The fourth-order valence-electron chi connectivity index (χ4n) is 3.78. The molecule has 1 aromatic carbocycles. The zero-order chi connectivity index (χ0) is 19.5. The second kappa shape index (κ2) is 8.11. The fraction of sp³-hybridized carbons (Fsp3) is 0.619. The number of hydrogen-bond donors (Lipinski definition) is 1. The second-order valence-electron chi connectivity index (χ2n) is 7.65. The lowest BCUT2D eigenvalue weighted by atomic mass is 9.84. The maximum Gasteiger partial charge on any atom is 0.242 e. The Morgan fingerprint density at radius 1 is 1.27 bits per heavy atom. The molecule has 0 bridgehead atoms. The highest BCUT2D eigenvalue weighted by molar-refractivity contribution is 5.58. The molecule has 1 aromatic rings. The number of phenolic OH excluding ortho intramolecular Hbond substituents is 1. The van der Waals surface area contributed by atoms with Gasteiger partial charge in [-0.2, -0.15) is 0 Å². The van der Waals surface area contributed by atoms with Crippen LogP contribution in [0, 0.1) is 30.9 Å². The lowest BCUT2D eigenvalue weighted by molar-refractivity contribution is -0.428. The van der Waals surface area contributed by atoms with Gasteiger partial charge in [0.2, 0.25) is 5.70 Å². The van der Waals surface area contributed by atoms with Crippen molar-refractivity contribution in [2.24, 2.45) is 0 Å². The number of fused-ring (bicyclic) bond motifs is 1. The minimum absolute atomic E-state index is 0.253. The van der Waals surface area contributed by atoms with E-state index in [9.17, 15) is 15.2 Å². The third-order valence-corrected chi connectivity index (χ3v) is 5.66. The fourth-order valence-corrected chi connectivity index (χ4v) is 3.78. The molecule has 26 heavy (non-hydrogen) atoms. The molecule has 2 rings (SSSR count). The largest absolute Gasteiger partial charge is 0.507 e. The third-order valence-electron chi connectivity index (χ3n) is 5.66. The molecule has 0 saturated carbocycles. The zero-order valence-electron chi connectivity index (χ0n) is 16.6. The SMILES string of the molecule is CCC=C(CCCCC1(C)CCc2c(C)c(O)c(C)c(C)c2O1)[N+](=O)[O-]. The van der Waals surface area contributed by atoms with Gasteiger partial charge in [-0.15, -0.1) is 0 Å². The van der Waals surface area contributed by atoms with Crippen LogP contribution in [0.3, 0.4) is 0 Å². The number of ether oxygens (including phenoxy) is 1. The standard InChI is InChI=1S/C21H31NO4/c1-6-9-17(22(24)25)10-7-8-12-21(5)13-11-18-16(4)19(23)14(2)15(3)20(18)26-21/h9,23H,6-8,10-13H2,1-5H3. The van der Waals surface area contributed by atoms with E-state index in [1.54, 1.807) is 6.08 Å². The highest BCUT2D eigenvalue weighted by Crippen LogP contribution is 2.44. The minimum Gasteiger partial charge on any atom is -0.507 e. The molecule has 0 fully saturated rings. The summed E-state index contributed by atoms with van der Waals surface area (Å²) in [5, 5.41) is 21.3. The van der Waals surface area contributed by atoms with Crippen molar-refractivity contribution in [1.82, 2.24) is 0 Å². The van der Waals surface area contributed by atoms with Gasteiger partial charge in [-0.3, -0.25) is 10.1 Å². The van der Waals surface area contributed by atoms with Crippen molar-refractivity contribution >= 4 is 0 Å². The van der Waals surface area contributed by atoms with E-state index in [0.29, 0.717) is 24.3 Å². The van der Waals surface area contributed by atoms with Crippen LogP contribution in [0.2, 0.25) is 0 Å². The number of nitro groups is 1. The summed E-state index contributed by atoms with van der Waals surface area (Å²) in [6, 6.07) is 0. The highest BCUT2D eigenvalue weighted by Gasteiger charge is 2.34. The van der Waals surface area contributed by atoms with Crippen LogP contribution in [0.25, 0.3) is 0 Å². The summed E-state index contributed by atoms with van der Waals surface area (Å²) in [7, 11) is 0. The summed E-state index contributed by atoms with van der Waals surface area (Å²) in [5.74, 6) is 1.30. The Morgan fingerprint density at radius 2 is 1.96 bits per heavy atom. The number of hydrogen-bond acceptors (Lipinski definition) is 4. The Bertz CT molecular complexity index is 723. The molecule has 1 aliphatic heterocycles. The number of nitrogens with zero attached hydrogens (tertiary/aromatic N) is 1. The zero-order valence-corrected chi connectivity index (χ0v) is 16.6. The van der Waals surface area contributed by atoms with Crippen LogP contribution in [-0.4, -0.2) is 15.6 Å². The van der Waals surface area contributed by atoms with Crippen LogP contribution in [0.15, 0.2) is 11.8 Å². The van der Waals surface area contributed by atoms with Crippen LogP contribution in [0.5, 0.6) is 11.5 Å². The molecule has 0 saturated heterocycles. The number of rotatable bonds is 7. The van der Waals surface area contributed by atoms with Gasteiger partial charge in [-0.05, 0) is 89.0 Å². The van der Waals surface area contributed by atoms with Crippen LogP contribution < -0.4 is 4.74 Å². The first-order chi connectivity index (χ1) is 12.2. The van der Waals surface area contributed by atoms with Gasteiger partial charge in [0.1, 0.15) is 17.1 Å². The van der Waals surface area contributed by atoms with Gasteiger partial charge in [0.25, 0.3) is 0 Å². The maximum atomic E-state index is 11.0. The number of aromatic hydroxyl groups is 1. The molecule has 0 amide bonds. The predicted molar refractivity (Wildman–Crippen MR) is 104 cm³/mol. The normalized spacial score (nSPS) is 19.8. The molecule has 0 aliphatic carbocycles. The quantitative estimate of drug-likeness (QED) is 0.393. The van der Waals surface area contributed by atoms with E-state index in [1.165, 1.54) is 0 Å². The topological polar surface area (TPSA) is 72.6 Å². The number of unbranched alkanes of at least 4 members (excludes halogenated alkanes) is 1. The highest BCUT2D eigenvalue weighted by atomic mass is 16.6. The maximum absolute atomic E-state index is 11.0. The molecule has 1 N–H and O–H groups in total. The molecule has 5 nitrogen and oxygen atoms in total. The molecular formula is C21H31NO4. The molecule has 1 heterocycles. The van der Waals surface area contributed by atoms with E-state index in [0.717, 1.165) is 60.1 Å². The molecule has 1 atom stereocenters. The van der Waals surface area contributed by atoms with Crippen molar-refractivity contribution < 1.29 is 14.8 Å². The average molecular weight is 361 g/mol. The lowest BCUT2D eigenvalue weighted by Crippen LogP contribution is -2.37. The lowest BCUT2D eigenvalue weighted by Gasteiger charge is -2.38. The Labute approximate surface area is 156 Å². The number of phenols is 1. The van der Waals surface area contributed by atoms with E-state index < -0.39 is 0 Å². The van der Waals surface area contributed by atoms with Crippen molar-refractivity contribution in [1.29, 1.82) is 0 Å². The monoisotopic (exact) mass is 361 g/mol. The van der Waals surface area contributed by atoms with E-state index >= 15 is 0 Å². The molecule has 1 unspecified atom stereocenters. The Hall–Kier alpha value is -2.04. The van der Waals surface area contributed by atoms with E-state index in [-0.39, 0.29) is 10.5 Å². The minimum atomic E-state index is -0.264. The van der Waals surface area contributed by atoms with Gasteiger partial charge >= 0.3 is 0 Å². The van der Waals surface area contributed by atoms with Gasteiger partial charge in [0, 0.05) is 12.0 Å². The molecule has 0 spiro atoms. The predicted octanol–water partition coefficient (Wildman–Crippen LogP) is 5.53. The van der Waals surface area contributed by atoms with Gasteiger partial charge in [-0.1, -0.05) is 6.92 Å². The summed E-state index contributed by atoms with van der Waals surface area (Å²) in [6.07, 6.45) is 7.27. The van der Waals surface area contributed by atoms with Crippen molar-refractivity contribution in [2.75, 3.05) is 0 Å². The van der Waals surface area contributed by atoms with Crippen LogP contribution in [-0.2, 0) is 6.42 Å². The number of benzene rings is 1. The molecular weight excluding hydrogens is 330 g/mol. The van der Waals surface area contributed by atoms with Gasteiger partial charge < -0.3 is 9.84 Å². The Morgan fingerprint density at radius 3 is 2.58 bits per heavy atom. The van der Waals surface area contributed by atoms with E-state index in [2.05, 4.69) is 6.92 Å². The van der Waals surface area contributed by atoms with Crippen molar-refractivity contribution in [3.05, 3.63) is 44.1 Å². The Balaban J connectivity index is 2.03. The second-order valence-corrected chi connectivity index (χ2v) is 7.65. The first-order valence-electron chi connectivity index (χ1n) is 9.54. The van der Waals surface area contributed by atoms with Gasteiger partial charge in [0.15, 0.2) is 0 Å². The summed E-state index contributed by atoms with van der Waals surface area (Å²) in [5.41, 5.74) is 4.00. The van der Waals surface area contributed by atoms with Crippen molar-refractivity contribution in [3.8, 4) is 11.5 Å². The summed E-state index contributed by atoms with van der Waals surface area (Å²) < 4.78 is 6.41. The van der Waals surface area contributed by atoms with E-state index in [4.69, 9.17) is 4.74 Å². The molecule has 144 valence electrons. The summed E-state index contributed by atoms with van der Waals surface area (Å²) >= 11 is 0. The first-order valence-corrected chi connectivity index (χ1v) is 9.54.